The maximum absolute atomic E-state index is 11.2. The monoisotopic (exact) mass is 271 g/mol. The second kappa shape index (κ2) is 7.24. The van der Waals surface area contributed by atoms with Gasteiger partial charge in [0.15, 0.2) is 0 Å². The number of carbonyl (C=O) groups is 1. The third-order valence-electron chi connectivity index (χ3n) is 2.59. The van der Waals surface area contributed by atoms with Crippen LogP contribution in [0.2, 0.25) is 5.02 Å². The number of nitrogens with one attached hydrogen (secondary N) is 1. The molecule has 0 spiro atoms. The maximum atomic E-state index is 11.2. The van der Waals surface area contributed by atoms with E-state index in [4.69, 9.17) is 21.4 Å². The van der Waals surface area contributed by atoms with Crippen LogP contribution in [0, 0.1) is 0 Å². The van der Waals surface area contributed by atoms with Crippen molar-refractivity contribution in [3.05, 3.63) is 28.8 Å². The molecule has 100 valence electrons. The first-order chi connectivity index (χ1) is 8.60. The van der Waals surface area contributed by atoms with Gasteiger partial charge in [-0.25, -0.2) is 4.79 Å². The largest absolute Gasteiger partial charge is 0.478 e. The zero-order valence-electron chi connectivity index (χ0n) is 10.6. The summed E-state index contributed by atoms with van der Waals surface area (Å²) in [6, 6.07) is 5.10. The molecule has 0 saturated carbocycles. The van der Waals surface area contributed by atoms with Gasteiger partial charge in [-0.3, -0.25) is 0 Å². The van der Waals surface area contributed by atoms with E-state index in [-0.39, 0.29) is 16.6 Å². The normalized spacial score (nSPS) is 12.2. The Kier molecular flexibility index (Phi) is 5.95. The van der Waals surface area contributed by atoms with Crippen LogP contribution in [0.5, 0.6) is 0 Å². The molecule has 1 aromatic rings. The third kappa shape index (κ3) is 3.89. The van der Waals surface area contributed by atoms with Crippen molar-refractivity contribution in [1.82, 2.24) is 0 Å². The minimum atomic E-state index is -1.03. The van der Waals surface area contributed by atoms with Gasteiger partial charge in [0.05, 0.1) is 17.3 Å². The van der Waals surface area contributed by atoms with Crippen molar-refractivity contribution in [2.45, 2.75) is 25.8 Å². The fourth-order valence-corrected chi connectivity index (χ4v) is 2.08. The van der Waals surface area contributed by atoms with Gasteiger partial charge in [0.1, 0.15) is 5.56 Å². The summed E-state index contributed by atoms with van der Waals surface area (Å²) in [5.74, 6) is -1.03. The summed E-state index contributed by atoms with van der Waals surface area (Å²) in [5.41, 5.74) is 0.641. The number of anilines is 1. The number of carboxylic acids is 1. The lowest BCUT2D eigenvalue weighted by Gasteiger charge is -2.20. The zero-order valence-corrected chi connectivity index (χ0v) is 11.3. The maximum Gasteiger partial charge on any atom is 0.339 e. The first-order valence-corrected chi connectivity index (χ1v) is 6.25. The van der Waals surface area contributed by atoms with E-state index in [0.29, 0.717) is 12.3 Å². The average molecular weight is 272 g/mol. The van der Waals surface area contributed by atoms with Gasteiger partial charge in [0.25, 0.3) is 0 Å². The molecule has 4 nitrogen and oxygen atoms in total. The van der Waals surface area contributed by atoms with Crippen molar-refractivity contribution >= 4 is 23.3 Å². The van der Waals surface area contributed by atoms with Crippen molar-refractivity contribution in [3.8, 4) is 0 Å². The average Bonchev–Trinajstić information content (AvgIpc) is 2.29. The minimum Gasteiger partial charge on any atom is -0.478 e. The van der Waals surface area contributed by atoms with Gasteiger partial charge < -0.3 is 15.2 Å². The lowest BCUT2D eigenvalue weighted by molar-refractivity contribution is 0.0698. The van der Waals surface area contributed by atoms with Crippen LogP contribution in [0.4, 0.5) is 5.69 Å². The second-order valence-electron chi connectivity index (χ2n) is 4.05. The molecule has 1 atom stereocenters. The van der Waals surface area contributed by atoms with Gasteiger partial charge in [-0.1, -0.05) is 31.0 Å². The molecule has 0 heterocycles. The molecule has 0 bridgehead atoms. The Hall–Kier alpha value is -1.26. The molecule has 5 heteroatoms. The van der Waals surface area contributed by atoms with E-state index in [1.165, 1.54) is 0 Å². The number of benzene rings is 1. The molecular weight excluding hydrogens is 254 g/mol. The van der Waals surface area contributed by atoms with Crippen LogP contribution in [0.3, 0.4) is 0 Å². The van der Waals surface area contributed by atoms with Gasteiger partial charge in [0.2, 0.25) is 0 Å². The van der Waals surface area contributed by atoms with Gasteiger partial charge in [-0.15, -0.1) is 0 Å². The van der Waals surface area contributed by atoms with Crippen molar-refractivity contribution < 1.29 is 14.6 Å². The molecule has 0 radical (unpaired) electrons. The van der Waals surface area contributed by atoms with Gasteiger partial charge >= 0.3 is 5.97 Å². The molecule has 0 aliphatic carbocycles. The summed E-state index contributed by atoms with van der Waals surface area (Å²) >= 11 is 5.91. The topological polar surface area (TPSA) is 58.6 Å². The molecule has 2 N–H and O–H groups in total. The van der Waals surface area contributed by atoms with Gasteiger partial charge in [0, 0.05) is 13.2 Å². The predicted molar refractivity (Wildman–Crippen MR) is 72.6 cm³/mol. The molecular formula is C13H18ClNO3. The molecule has 0 aliphatic rings. The fourth-order valence-electron chi connectivity index (χ4n) is 1.83. The number of hydrogen-bond donors (Lipinski definition) is 2. The zero-order chi connectivity index (χ0) is 13.5. The molecule has 1 unspecified atom stereocenters. The molecule has 0 aromatic heterocycles. The first kappa shape index (κ1) is 14.8. The third-order valence-corrected chi connectivity index (χ3v) is 2.91. The van der Waals surface area contributed by atoms with Crippen LogP contribution in [0.25, 0.3) is 0 Å². The number of rotatable bonds is 7. The van der Waals surface area contributed by atoms with E-state index < -0.39 is 5.97 Å². The van der Waals surface area contributed by atoms with E-state index in [1.54, 1.807) is 25.3 Å². The molecule has 1 rings (SSSR count). The summed E-state index contributed by atoms with van der Waals surface area (Å²) in [6.07, 6.45) is 1.89. The predicted octanol–water partition coefficient (Wildman–Crippen LogP) is 3.27. The second-order valence-corrected chi connectivity index (χ2v) is 4.46. The summed E-state index contributed by atoms with van der Waals surface area (Å²) in [4.78, 5) is 11.2. The number of hydrogen-bond acceptors (Lipinski definition) is 3. The highest BCUT2D eigenvalue weighted by Crippen LogP contribution is 2.25. The van der Waals surface area contributed by atoms with E-state index in [1.807, 2.05) is 0 Å². The van der Waals surface area contributed by atoms with Crippen LogP contribution < -0.4 is 5.32 Å². The number of methoxy groups -OCH3 is 1. The molecule has 0 saturated heterocycles. The van der Waals surface area contributed by atoms with Crippen LogP contribution in [-0.4, -0.2) is 30.8 Å². The number of ether oxygens (including phenoxy) is 1. The highest BCUT2D eigenvalue weighted by Gasteiger charge is 2.16. The highest BCUT2D eigenvalue weighted by molar-refractivity contribution is 6.34. The Morgan fingerprint density at radius 3 is 2.83 bits per heavy atom. The fraction of sp³-hybridized carbons (Fsp3) is 0.462. The van der Waals surface area contributed by atoms with Gasteiger partial charge in [-0.2, -0.15) is 0 Å². The Morgan fingerprint density at radius 1 is 1.56 bits per heavy atom. The van der Waals surface area contributed by atoms with Crippen LogP contribution >= 0.6 is 11.6 Å². The number of aromatic carboxylic acids is 1. The molecule has 0 fully saturated rings. The molecule has 18 heavy (non-hydrogen) atoms. The Bertz CT molecular complexity index is 403. The van der Waals surface area contributed by atoms with E-state index >= 15 is 0 Å². The van der Waals surface area contributed by atoms with Crippen molar-refractivity contribution in [2.24, 2.45) is 0 Å². The standard InChI is InChI=1S/C13H18ClNO3/c1-3-5-9(8-18-2)15-11-7-4-6-10(14)12(11)13(16)17/h4,6-7,9,15H,3,5,8H2,1-2H3,(H,16,17). The summed E-state index contributed by atoms with van der Waals surface area (Å²) < 4.78 is 5.12. The Labute approximate surface area is 112 Å². The lowest BCUT2D eigenvalue weighted by atomic mass is 10.1. The quantitative estimate of drug-likeness (QED) is 0.799. The summed E-state index contributed by atoms with van der Waals surface area (Å²) in [7, 11) is 1.63. The number of halogens is 1. The SMILES string of the molecule is CCCC(COC)Nc1cccc(Cl)c1C(=O)O. The van der Waals surface area contributed by atoms with Crippen LogP contribution in [0.1, 0.15) is 30.1 Å². The molecule has 1 aromatic carbocycles. The first-order valence-electron chi connectivity index (χ1n) is 5.87. The Morgan fingerprint density at radius 2 is 2.28 bits per heavy atom. The summed E-state index contributed by atoms with van der Waals surface area (Å²) in [6.45, 7) is 2.60. The number of carboxylic acid groups (broad SMARTS) is 1. The lowest BCUT2D eigenvalue weighted by Crippen LogP contribution is -2.25. The minimum absolute atomic E-state index is 0.0802. The van der Waals surface area contributed by atoms with Crippen molar-refractivity contribution in [3.63, 3.8) is 0 Å². The van der Waals surface area contributed by atoms with Gasteiger partial charge in [-0.05, 0) is 18.6 Å². The highest BCUT2D eigenvalue weighted by atomic mass is 35.5. The molecule has 0 amide bonds. The van der Waals surface area contributed by atoms with E-state index in [9.17, 15) is 4.79 Å². The molecule has 0 aliphatic heterocycles. The smallest absolute Gasteiger partial charge is 0.339 e. The van der Waals surface area contributed by atoms with Crippen molar-refractivity contribution in [1.29, 1.82) is 0 Å². The Balaban J connectivity index is 2.94. The van der Waals surface area contributed by atoms with E-state index in [0.717, 1.165) is 12.8 Å². The summed E-state index contributed by atoms with van der Waals surface area (Å²) in [5, 5.41) is 12.6. The van der Waals surface area contributed by atoms with Crippen LogP contribution in [-0.2, 0) is 4.74 Å². The van der Waals surface area contributed by atoms with Crippen LogP contribution in [0.15, 0.2) is 18.2 Å². The van der Waals surface area contributed by atoms with Crippen molar-refractivity contribution in [2.75, 3.05) is 19.0 Å². The van der Waals surface area contributed by atoms with E-state index in [2.05, 4.69) is 12.2 Å².